The Bertz CT molecular complexity index is 324. The Labute approximate surface area is 109 Å². The molecule has 18 heavy (non-hydrogen) atoms. The van der Waals surface area contributed by atoms with Crippen molar-refractivity contribution in [1.29, 1.82) is 0 Å². The highest BCUT2D eigenvalue weighted by atomic mass is 16.2. The van der Waals surface area contributed by atoms with Gasteiger partial charge in [0.1, 0.15) is 6.04 Å². The average Bonchev–Trinajstić information content (AvgIpc) is 2.47. The highest BCUT2D eigenvalue weighted by Crippen LogP contribution is 2.27. The molecule has 2 aliphatic rings. The minimum absolute atomic E-state index is 0.0148. The number of hydrogen-bond donors (Lipinski definition) is 1. The van der Waals surface area contributed by atoms with Crippen molar-refractivity contribution in [2.45, 2.75) is 76.9 Å². The lowest BCUT2D eigenvalue weighted by Gasteiger charge is -2.38. The first-order valence-corrected chi connectivity index (χ1v) is 7.25. The SMILES string of the molecule is CCC1NC(=O)CC(C)N(C2CCCCC2)C1=O. The van der Waals surface area contributed by atoms with Gasteiger partial charge in [-0.2, -0.15) is 0 Å². The molecule has 0 aromatic heterocycles. The van der Waals surface area contributed by atoms with Gasteiger partial charge < -0.3 is 10.2 Å². The Balaban J connectivity index is 2.17. The van der Waals surface area contributed by atoms with E-state index >= 15 is 0 Å². The van der Waals surface area contributed by atoms with Crippen LogP contribution in [0.4, 0.5) is 0 Å². The number of carbonyl (C=O) groups is 2. The summed E-state index contributed by atoms with van der Waals surface area (Å²) in [5, 5.41) is 2.85. The standard InChI is InChI=1S/C14H24N2O2/c1-3-12-14(18)16(10(2)9-13(17)15-12)11-7-5-4-6-8-11/h10-12H,3-9H2,1-2H3,(H,15,17). The van der Waals surface area contributed by atoms with Crippen molar-refractivity contribution < 1.29 is 9.59 Å². The van der Waals surface area contributed by atoms with Crippen molar-refractivity contribution in [1.82, 2.24) is 10.2 Å². The molecule has 1 aliphatic carbocycles. The second-order valence-corrected chi connectivity index (χ2v) is 5.62. The summed E-state index contributed by atoms with van der Waals surface area (Å²) in [4.78, 5) is 26.3. The largest absolute Gasteiger partial charge is 0.344 e. The van der Waals surface area contributed by atoms with Crippen molar-refractivity contribution >= 4 is 11.8 Å². The molecular formula is C14H24N2O2. The smallest absolute Gasteiger partial charge is 0.245 e. The molecule has 2 fully saturated rings. The Kier molecular flexibility index (Phi) is 4.25. The molecule has 0 aromatic rings. The third-order valence-corrected chi connectivity index (χ3v) is 4.22. The van der Waals surface area contributed by atoms with Gasteiger partial charge in [0.05, 0.1) is 0 Å². The predicted molar refractivity (Wildman–Crippen MR) is 70.0 cm³/mol. The fourth-order valence-corrected chi connectivity index (χ4v) is 3.25. The van der Waals surface area contributed by atoms with Crippen LogP contribution in [-0.2, 0) is 9.59 Å². The summed E-state index contributed by atoms with van der Waals surface area (Å²) in [6.45, 7) is 3.96. The first-order chi connectivity index (χ1) is 8.63. The van der Waals surface area contributed by atoms with E-state index in [1.54, 1.807) is 0 Å². The van der Waals surface area contributed by atoms with E-state index in [1.165, 1.54) is 19.3 Å². The van der Waals surface area contributed by atoms with Gasteiger partial charge in [0.25, 0.3) is 0 Å². The van der Waals surface area contributed by atoms with Gasteiger partial charge in [0.2, 0.25) is 11.8 Å². The number of nitrogens with one attached hydrogen (secondary N) is 1. The van der Waals surface area contributed by atoms with Crippen molar-refractivity contribution in [3.63, 3.8) is 0 Å². The highest BCUT2D eigenvalue weighted by molar-refractivity contribution is 5.90. The molecule has 1 aliphatic heterocycles. The molecule has 0 aromatic carbocycles. The van der Waals surface area contributed by atoms with E-state index in [0.29, 0.717) is 18.9 Å². The number of carbonyl (C=O) groups excluding carboxylic acids is 2. The van der Waals surface area contributed by atoms with E-state index in [0.717, 1.165) is 12.8 Å². The zero-order chi connectivity index (χ0) is 13.1. The summed E-state index contributed by atoms with van der Waals surface area (Å²) in [6.07, 6.45) is 7.01. The Hall–Kier alpha value is -1.06. The van der Waals surface area contributed by atoms with Crippen LogP contribution in [0.5, 0.6) is 0 Å². The van der Waals surface area contributed by atoms with Gasteiger partial charge in [-0.05, 0) is 26.2 Å². The van der Waals surface area contributed by atoms with Gasteiger partial charge in [0.15, 0.2) is 0 Å². The molecule has 0 radical (unpaired) electrons. The molecule has 2 rings (SSSR count). The van der Waals surface area contributed by atoms with Crippen LogP contribution in [0.25, 0.3) is 0 Å². The van der Waals surface area contributed by atoms with Gasteiger partial charge in [-0.25, -0.2) is 0 Å². The fraction of sp³-hybridized carbons (Fsp3) is 0.857. The average molecular weight is 252 g/mol. The number of rotatable bonds is 2. The maximum Gasteiger partial charge on any atom is 0.245 e. The van der Waals surface area contributed by atoms with Crippen LogP contribution in [0.2, 0.25) is 0 Å². The van der Waals surface area contributed by atoms with Crippen LogP contribution in [0.15, 0.2) is 0 Å². The Morgan fingerprint density at radius 1 is 1.22 bits per heavy atom. The summed E-state index contributed by atoms with van der Waals surface area (Å²) >= 11 is 0. The monoisotopic (exact) mass is 252 g/mol. The molecule has 1 saturated heterocycles. The minimum Gasteiger partial charge on any atom is -0.344 e. The molecule has 1 saturated carbocycles. The molecule has 1 heterocycles. The maximum atomic E-state index is 12.5. The summed E-state index contributed by atoms with van der Waals surface area (Å²) in [5.41, 5.74) is 0. The van der Waals surface area contributed by atoms with E-state index in [9.17, 15) is 9.59 Å². The molecule has 0 bridgehead atoms. The number of hydrogen-bond acceptors (Lipinski definition) is 2. The van der Waals surface area contributed by atoms with Crippen molar-refractivity contribution in [3.8, 4) is 0 Å². The normalized spacial score (nSPS) is 31.1. The van der Waals surface area contributed by atoms with Gasteiger partial charge in [-0.1, -0.05) is 26.2 Å². The van der Waals surface area contributed by atoms with E-state index in [2.05, 4.69) is 5.32 Å². The van der Waals surface area contributed by atoms with Crippen LogP contribution in [-0.4, -0.2) is 34.8 Å². The van der Waals surface area contributed by atoms with Crippen molar-refractivity contribution in [2.75, 3.05) is 0 Å². The van der Waals surface area contributed by atoms with Crippen LogP contribution < -0.4 is 5.32 Å². The second-order valence-electron chi connectivity index (χ2n) is 5.62. The van der Waals surface area contributed by atoms with Crippen LogP contribution in [0.1, 0.15) is 58.8 Å². The summed E-state index contributed by atoms with van der Waals surface area (Å²) in [6, 6.07) is 0.0736. The lowest BCUT2D eigenvalue weighted by molar-refractivity contribution is -0.138. The molecule has 2 amide bonds. The Morgan fingerprint density at radius 2 is 1.89 bits per heavy atom. The third kappa shape index (κ3) is 2.68. The summed E-state index contributed by atoms with van der Waals surface area (Å²) < 4.78 is 0. The topological polar surface area (TPSA) is 49.4 Å². The molecule has 2 unspecified atom stereocenters. The maximum absolute atomic E-state index is 12.5. The first-order valence-electron chi connectivity index (χ1n) is 7.25. The van der Waals surface area contributed by atoms with Gasteiger partial charge in [-0.3, -0.25) is 9.59 Å². The quantitative estimate of drug-likeness (QED) is 0.815. The molecular weight excluding hydrogens is 228 g/mol. The van der Waals surface area contributed by atoms with E-state index < -0.39 is 0 Å². The van der Waals surface area contributed by atoms with E-state index in [-0.39, 0.29) is 23.9 Å². The van der Waals surface area contributed by atoms with Gasteiger partial charge >= 0.3 is 0 Å². The molecule has 102 valence electrons. The molecule has 0 spiro atoms. The van der Waals surface area contributed by atoms with Gasteiger partial charge in [-0.15, -0.1) is 0 Å². The number of nitrogens with zero attached hydrogens (tertiary/aromatic N) is 1. The highest BCUT2D eigenvalue weighted by Gasteiger charge is 2.37. The summed E-state index contributed by atoms with van der Waals surface area (Å²) in [7, 11) is 0. The van der Waals surface area contributed by atoms with Crippen LogP contribution in [0, 0.1) is 0 Å². The molecule has 1 N–H and O–H groups in total. The van der Waals surface area contributed by atoms with Crippen molar-refractivity contribution in [3.05, 3.63) is 0 Å². The lowest BCUT2D eigenvalue weighted by Crippen LogP contribution is -2.51. The van der Waals surface area contributed by atoms with Crippen LogP contribution in [0.3, 0.4) is 0 Å². The second kappa shape index (κ2) is 5.72. The fourth-order valence-electron chi connectivity index (χ4n) is 3.25. The van der Waals surface area contributed by atoms with Gasteiger partial charge in [0, 0.05) is 18.5 Å². The zero-order valence-corrected chi connectivity index (χ0v) is 11.4. The van der Waals surface area contributed by atoms with E-state index in [1.807, 2.05) is 18.7 Å². The lowest BCUT2D eigenvalue weighted by atomic mass is 9.92. The predicted octanol–water partition coefficient (Wildman–Crippen LogP) is 1.83. The number of amides is 2. The van der Waals surface area contributed by atoms with E-state index in [4.69, 9.17) is 0 Å². The molecule has 2 atom stereocenters. The Morgan fingerprint density at radius 3 is 2.50 bits per heavy atom. The third-order valence-electron chi connectivity index (χ3n) is 4.22. The first kappa shape index (κ1) is 13.4. The molecule has 4 heteroatoms. The molecule has 4 nitrogen and oxygen atoms in total. The van der Waals surface area contributed by atoms with Crippen molar-refractivity contribution in [2.24, 2.45) is 0 Å². The van der Waals surface area contributed by atoms with Crippen LogP contribution >= 0.6 is 0 Å². The minimum atomic E-state index is -0.315. The summed E-state index contributed by atoms with van der Waals surface area (Å²) in [5.74, 6) is 0.142. The zero-order valence-electron chi connectivity index (χ0n) is 11.4.